The van der Waals surface area contributed by atoms with Gasteiger partial charge in [0, 0.05) is 18.7 Å². The second kappa shape index (κ2) is 8.75. The first kappa shape index (κ1) is 21.9. The molecule has 0 saturated carbocycles. The fourth-order valence-corrected chi connectivity index (χ4v) is 4.32. The Balaban J connectivity index is 2.29. The molecule has 0 bridgehead atoms. The Morgan fingerprint density at radius 3 is 2.14 bits per heavy atom. The van der Waals surface area contributed by atoms with Gasteiger partial charge in [0.15, 0.2) is 0 Å². The quantitative estimate of drug-likeness (QED) is 0.727. The first-order valence-electron chi connectivity index (χ1n) is 9.13. The highest BCUT2D eigenvalue weighted by Crippen LogP contribution is 2.32. The summed E-state index contributed by atoms with van der Waals surface area (Å²) in [5, 5.41) is 2.62. The molecule has 0 fully saturated rings. The number of methoxy groups -OCH3 is 1. The van der Waals surface area contributed by atoms with Crippen LogP contribution in [0.2, 0.25) is 0 Å². The fourth-order valence-electron chi connectivity index (χ4n) is 3.10. The summed E-state index contributed by atoms with van der Waals surface area (Å²) in [6, 6.07) is 9.61. The number of carbonyl (C=O) groups excluding carboxylic acids is 1. The van der Waals surface area contributed by atoms with Gasteiger partial charge in [-0.05, 0) is 72.9 Å². The Morgan fingerprint density at radius 1 is 1.04 bits per heavy atom. The number of hydrogen-bond donors (Lipinski definition) is 2. The Morgan fingerprint density at radius 2 is 1.64 bits per heavy atom. The van der Waals surface area contributed by atoms with Gasteiger partial charge >= 0.3 is 0 Å². The molecule has 152 valence electrons. The Kier molecular flexibility index (Phi) is 6.85. The fraction of sp³-hybridized carbons (Fsp3) is 0.381. The van der Waals surface area contributed by atoms with E-state index in [0.717, 1.165) is 22.4 Å². The SMILES string of the molecule is COc1cc(C)c([C@H](C)NS(=O)(=O)c2ccc(NC(C)=O)cc2)cc1C(C)C. The summed E-state index contributed by atoms with van der Waals surface area (Å²) in [5.41, 5.74) is 3.45. The van der Waals surface area contributed by atoms with E-state index in [4.69, 9.17) is 4.74 Å². The van der Waals surface area contributed by atoms with Gasteiger partial charge in [-0.3, -0.25) is 4.79 Å². The van der Waals surface area contributed by atoms with E-state index < -0.39 is 16.1 Å². The molecule has 0 aromatic heterocycles. The average molecular weight is 405 g/mol. The van der Waals surface area contributed by atoms with E-state index in [9.17, 15) is 13.2 Å². The summed E-state index contributed by atoms with van der Waals surface area (Å²) in [6.07, 6.45) is 0. The van der Waals surface area contributed by atoms with Crippen LogP contribution in [-0.2, 0) is 14.8 Å². The topological polar surface area (TPSA) is 84.5 Å². The highest BCUT2D eigenvalue weighted by Gasteiger charge is 2.21. The molecule has 0 aliphatic rings. The lowest BCUT2D eigenvalue weighted by Gasteiger charge is -2.21. The van der Waals surface area contributed by atoms with Gasteiger partial charge in [0.25, 0.3) is 0 Å². The maximum absolute atomic E-state index is 12.8. The molecule has 0 unspecified atom stereocenters. The predicted octanol–water partition coefficient (Wildman–Crippen LogP) is 4.12. The zero-order chi connectivity index (χ0) is 21.1. The van der Waals surface area contributed by atoms with E-state index in [-0.39, 0.29) is 16.7 Å². The second-order valence-electron chi connectivity index (χ2n) is 7.15. The molecule has 1 atom stereocenters. The normalized spacial score (nSPS) is 12.7. The van der Waals surface area contributed by atoms with Gasteiger partial charge in [0.05, 0.1) is 12.0 Å². The molecule has 0 aliphatic heterocycles. The molecule has 0 spiro atoms. The van der Waals surface area contributed by atoms with Crippen molar-refractivity contribution < 1.29 is 17.9 Å². The zero-order valence-corrected chi connectivity index (χ0v) is 18.0. The first-order chi connectivity index (χ1) is 13.0. The number of benzene rings is 2. The van der Waals surface area contributed by atoms with Gasteiger partial charge in [-0.25, -0.2) is 13.1 Å². The number of sulfonamides is 1. The van der Waals surface area contributed by atoms with Crippen molar-refractivity contribution in [2.24, 2.45) is 0 Å². The van der Waals surface area contributed by atoms with Crippen molar-refractivity contribution in [2.45, 2.75) is 51.5 Å². The van der Waals surface area contributed by atoms with Crippen LogP contribution in [-0.4, -0.2) is 21.4 Å². The molecular weight excluding hydrogens is 376 g/mol. The second-order valence-corrected chi connectivity index (χ2v) is 8.87. The highest BCUT2D eigenvalue weighted by atomic mass is 32.2. The van der Waals surface area contributed by atoms with Crippen molar-refractivity contribution in [3.63, 3.8) is 0 Å². The summed E-state index contributed by atoms with van der Waals surface area (Å²) < 4.78 is 33.8. The van der Waals surface area contributed by atoms with Crippen molar-refractivity contribution in [3.05, 3.63) is 53.1 Å². The number of amides is 1. The van der Waals surface area contributed by atoms with Crippen molar-refractivity contribution in [2.75, 3.05) is 12.4 Å². The van der Waals surface area contributed by atoms with Crippen LogP contribution in [0.1, 0.15) is 56.3 Å². The van der Waals surface area contributed by atoms with Crippen molar-refractivity contribution in [1.82, 2.24) is 4.72 Å². The third kappa shape index (κ3) is 5.11. The van der Waals surface area contributed by atoms with Crippen LogP contribution in [0.4, 0.5) is 5.69 Å². The summed E-state index contributed by atoms with van der Waals surface area (Å²) in [5.74, 6) is 0.845. The van der Waals surface area contributed by atoms with Gasteiger partial charge in [0.1, 0.15) is 5.75 Å². The van der Waals surface area contributed by atoms with Crippen molar-refractivity contribution in [3.8, 4) is 5.75 Å². The van der Waals surface area contributed by atoms with Crippen LogP contribution in [0.3, 0.4) is 0 Å². The highest BCUT2D eigenvalue weighted by molar-refractivity contribution is 7.89. The number of anilines is 1. The standard InChI is InChI=1S/C21H28N2O4S/c1-13(2)19-12-20(14(3)11-21(19)27-6)15(4)23-28(25,26)18-9-7-17(8-10-18)22-16(5)24/h7-13,15,23H,1-6H3,(H,22,24)/t15-/m0/s1. The van der Waals surface area contributed by atoms with Crippen molar-refractivity contribution >= 4 is 21.6 Å². The average Bonchev–Trinajstić information content (AvgIpc) is 2.60. The van der Waals surface area contributed by atoms with Gasteiger partial charge in [-0.15, -0.1) is 0 Å². The van der Waals surface area contributed by atoms with Gasteiger partial charge < -0.3 is 10.1 Å². The molecule has 0 saturated heterocycles. The maximum Gasteiger partial charge on any atom is 0.241 e. The van der Waals surface area contributed by atoms with Crippen LogP contribution >= 0.6 is 0 Å². The monoisotopic (exact) mass is 404 g/mol. The third-order valence-corrected chi connectivity index (χ3v) is 6.08. The lowest BCUT2D eigenvalue weighted by molar-refractivity contribution is -0.114. The van der Waals surface area contributed by atoms with Crippen LogP contribution in [0.15, 0.2) is 41.3 Å². The molecule has 6 nitrogen and oxygen atoms in total. The summed E-state index contributed by atoms with van der Waals surface area (Å²) in [4.78, 5) is 11.2. The van der Waals surface area contributed by atoms with Crippen LogP contribution < -0.4 is 14.8 Å². The number of rotatable bonds is 7. The molecule has 28 heavy (non-hydrogen) atoms. The maximum atomic E-state index is 12.8. The van der Waals surface area contributed by atoms with Crippen LogP contribution in [0.5, 0.6) is 5.75 Å². The molecule has 2 rings (SSSR count). The number of ether oxygens (including phenoxy) is 1. The van der Waals surface area contributed by atoms with Crippen molar-refractivity contribution in [1.29, 1.82) is 0 Å². The largest absolute Gasteiger partial charge is 0.496 e. The van der Waals surface area contributed by atoms with Gasteiger partial charge in [-0.2, -0.15) is 0 Å². The molecule has 0 aliphatic carbocycles. The molecule has 7 heteroatoms. The first-order valence-corrected chi connectivity index (χ1v) is 10.6. The number of aryl methyl sites for hydroxylation is 1. The van der Waals surface area contributed by atoms with Gasteiger partial charge in [0.2, 0.25) is 15.9 Å². The van der Waals surface area contributed by atoms with E-state index in [2.05, 4.69) is 23.9 Å². The predicted molar refractivity (Wildman–Crippen MR) is 111 cm³/mol. The summed E-state index contributed by atoms with van der Waals surface area (Å²) in [7, 11) is -2.08. The molecule has 0 radical (unpaired) electrons. The molecule has 0 heterocycles. The molecule has 1 amide bonds. The van der Waals surface area contributed by atoms with Gasteiger partial charge in [-0.1, -0.05) is 13.8 Å². The minimum atomic E-state index is -3.71. The number of nitrogens with one attached hydrogen (secondary N) is 2. The lowest BCUT2D eigenvalue weighted by Crippen LogP contribution is -2.27. The summed E-state index contributed by atoms with van der Waals surface area (Å²) >= 11 is 0. The molecule has 2 aromatic rings. The van der Waals surface area contributed by atoms with E-state index in [0.29, 0.717) is 5.69 Å². The Labute approximate surface area is 167 Å². The third-order valence-electron chi connectivity index (χ3n) is 4.52. The minimum Gasteiger partial charge on any atom is -0.496 e. The summed E-state index contributed by atoms with van der Waals surface area (Å²) in [6.45, 7) is 9.30. The van der Waals surface area contributed by atoms with E-state index in [1.54, 1.807) is 19.2 Å². The molecular formula is C21H28N2O4S. The zero-order valence-electron chi connectivity index (χ0n) is 17.2. The molecule has 2 N–H and O–H groups in total. The van der Waals surface area contributed by atoms with E-state index >= 15 is 0 Å². The minimum absolute atomic E-state index is 0.142. The smallest absolute Gasteiger partial charge is 0.241 e. The molecule has 2 aromatic carbocycles. The Bertz CT molecular complexity index is 951. The van der Waals surface area contributed by atoms with Crippen LogP contribution in [0, 0.1) is 6.92 Å². The Hall–Kier alpha value is -2.38. The lowest BCUT2D eigenvalue weighted by atomic mass is 9.94. The number of hydrogen-bond acceptors (Lipinski definition) is 4. The van der Waals surface area contributed by atoms with Crippen LogP contribution in [0.25, 0.3) is 0 Å². The van der Waals surface area contributed by atoms with E-state index in [1.807, 2.05) is 26.0 Å². The van der Waals surface area contributed by atoms with E-state index in [1.165, 1.54) is 19.1 Å². The number of carbonyl (C=O) groups is 1.